The maximum Gasteiger partial charge on any atom is 0.244 e. The molecule has 0 bridgehead atoms. The van der Waals surface area contributed by atoms with Crippen molar-refractivity contribution in [3.8, 4) is 0 Å². The number of hydrogen-bond donors (Lipinski definition) is 1. The van der Waals surface area contributed by atoms with Crippen molar-refractivity contribution >= 4 is 66.7 Å². The van der Waals surface area contributed by atoms with E-state index in [2.05, 4.69) is 21.2 Å². The summed E-state index contributed by atoms with van der Waals surface area (Å²) >= 11 is 15.5. The van der Waals surface area contributed by atoms with E-state index < -0.39 is 28.5 Å². The van der Waals surface area contributed by atoms with Crippen molar-refractivity contribution in [3.05, 3.63) is 62.5 Å². The molecule has 11 heteroatoms. The average Bonchev–Trinajstić information content (AvgIpc) is 2.73. The Balaban J connectivity index is 2.39. The molecule has 1 atom stereocenters. The van der Waals surface area contributed by atoms with Crippen LogP contribution in [0.4, 0.5) is 5.69 Å². The lowest BCUT2D eigenvalue weighted by atomic mass is 10.1. The van der Waals surface area contributed by atoms with Crippen molar-refractivity contribution in [2.45, 2.75) is 32.9 Å². The van der Waals surface area contributed by atoms with Crippen molar-refractivity contribution in [1.29, 1.82) is 0 Å². The number of sulfonamides is 1. The number of anilines is 1. The lowest BCUT2D eigenvalue weighted by molar-refractivity contribution is -0.139. The first-order chi connectivity index (χ1) is 15.4. The summed E-state index contributed by atoms with van der Waals surface area (Å²) in [6.45, 7) is 3.62. The molecule has 0 aliphatic heterocycles. The fourth-order valence-corrected chi connectivity index (χ4v) is 4.67. The minimum atomic E-state index is -3.86. The van der Waals surface area contributed by atoms with E-state index in [4.69, 9.17) is 23.2 Å². The smallest absolute Gasteiger partial charge is 0.244 e. The number of benzene rings is 2. The van der Waals surface area contributed by atoms with Crippen LogP contribution in [0.5, 0.6) is 0 Å². The SMILES string of the molecule is CCCNC(=O)[C@H](C)N(Cc1ccc(Br)cc1)C(=O)CN(c1cc(Cl)cc(Cl)c1)S(C)(=O)=O. The van der Waals surface area contributed by atoms with Gasteiger partial charge in [-0.05, 0) is 49.2 Å². The van der Waals surface area contributed by atoms with Crippen LogP contribution >= 0.6 is 39.1 Å². The van der Waals surface area contributed by atoms with Crippen LogP contribution in [0.2, 0.25) is 10.0 Å². The molecule has 0 aliphatic carbocycles. The lowest BCUT2D eigenvalue weighted by Gasteiger charge is -2.31. The van der Waals surface area contributed by atoms with Gasteiger partial charge in [0.25, 0.3) is 0 Å². The number of halogens is 3. The molecule has 0 aromatic heterocycles. The largest absolute Gasteiger partial charge is 0.354 e. The molecule has 0 saturated heterocycles. The Bertz CT molecular complexity index is 1080. The highest BCUT2D eigenvalue weighted by Crippen LogP contribution is 2.27. The molecule has 0 spiro atoms. The Morgan fingerprint density at radius 3 is 2.18 bits per heavy atom. The quantitative estimate of drug-likeness (QED) is 0.451. The highest BCUT2D eigenvalue weighted by atomic mass is 79.9. The summed E-state index contributed by atoms with van der Waals surface area (Å²) in [4.78, 5) is 27.4. The van der Waals surface area contributed by atoms with Crippen molar-refractivity contribution < 1.29 is 18.0 Å². The highest BCUT2D eigenvalue weighted by molar-refractivity contribution is 9.10. The van der Waals surface area contributed by atoms with Gasteiger partial charge in [-0.1, -0.05) is 58.2 Å². The summed E-state index contributed by atoms with van der Waals surface area (Å²) in [5, 5.41) is 3.25. The number of nitrogens with zero attached hydrogens (tertiary/aromatic N) is 2. The first kappa shape index (κ1) is 27.4. The zero-order valence-corrected chi connectivity index (χ0v) is 22.4. The van der Waals surface area contributed by atoms with E-state index >= 15 is 0 Å². The summed E-state index contributed by atoms with van der Waals surface area (Å²) in [6.07, 6.45) is 1.74. The molecule has 180 valence electrons. The zero-order valence-electron chi connectivity index (χ0n) is 18.5. The molecule has 0 aliphatic rings. The zero-order chi connectivity index (χ0) is 24.8. The molecular weight excluding hydrogens is 553 g/mol. The van der Waals surface area contributed by atoms with Crippen molar-refractivity contribution in [1.82, 2.24) is 10.2 Å². The van der Waals surface area contributed by atoms with Crippen LogP contribution in [0.15, 0.2) is 46.9 Å². The Kier molecular flexibility index (Phi) is 10.0. The molecule has 2 amide bonds. The molecule has 0 radical (unpaired) electrons. The fraction of sp³-hybridized carbons (Fsp3) is 0.364. The maximum absolute atomic E-state index is 13.4. The number of hydrogen-bond acceptors (Lipinski definition) is 4. The summed E-state index contributed by atoms with van der Waals surface area (Å²) in [6, 6.07) is 10.8. The molecule has 33 heavy (non-hydrogen) atoms. The van der Waals surface area contributed by atoms with Gasteiger partial charge in [-0.25, -0.2) is 8.42 Å². The standard InChI is InChI=1S/C22H26BrCl2N3O4S/c1-4-9-26-22(30)15(2)27(13-16-5-7-17(23)8-6-16)21(29)14-28(33(3,31)32)20-11-18(24)10-19(25)12-20/h5-8,10-12,15H,4,9,13-14H2,1-3H3,(H,26,30)/t15-/m0/s1. The minimum absolute atomic E-state index is 0.126. The molecule has 2 aromatic carbocycles. The van der Waals surface area contributed by atoms with E-state index in [0.717, 1.165) is 27.0 Å². The van der Waals surface area contributed by atoms with Gasteiger partial charge in [-0.15, -0.1) is 0 Å². The van der Waals surface area contributed by atoms with E-state index in [-0.39, 0.29) is 28.2 Å². The van der Waals surface area contributed by atoms with E-state index in [1.807, 2.05) is 31.2 Å². The van der Waals surface area contributed by atoms with E-state index in [0.29, 0.717) is 6.54 Å². The normalized spacial score (nSPS) is 12.2. The third-order valence-corrected chi connectivity index (χ3v) is 6.90. The van der Waals surface area contributed by atoms with Crippen LogP contribution in [0, 0.1) is 0 Å². The number of carbonyl (C=O) groups excluding carboxylic acids is 2. The van der Waals surface area contributed by atoms with Crippen molar-refractivity contribution in [2.75, 3.05) is 23.7 Å². The van der Waals surface area contributed by atoms with Gasteiger partial charge in [0.1, 0.15) is 12.6 Å². The second-order valence-corrected chi connectivity index (χ2v) is 11.2. The van der Waals surface area contributed by atoms with Crippen LogP contribution in [0.1, 0.15) is 25.8 Å². The summed E-state index contributed by atoms with van der Waals surface area (Å²) in [5.74, 6) is -0.863. The molecule has 1 N–H and O–H groups in total. The van der Waals surface area contributed by atoms with Gasteiger partial charge in [-0.3, -0.25) is 13.9 Å². The topological polar surface area (TPSA) is 86.8 Å². The maximum atomic E-state index is 13.4. The predicted octanol–water partition coefficient (Wildman–Crippen LogP) is 4.47. The number of rotatable bonds is 10. The molecular formula is C22H26BrCl2N3O4S. The Hall–Kier alpha value is -1.81. The Morgan fingerprint density at radius 2 is 1.67 bits per heavy atom. The van der Waals surface area contributed by atoms with Crippen LogP contribution in [-0.4, -0.2) is 50.5 Å². The number of amides is 2. The minimum Gasteiger partial charge on any atom is -0.354 e. The molecule has 0 unspecified atom stereocenters. The molecule has 0 heterocycles. The lowest BCUT2D eigenvalue weighted by Crippen LogP contribution is -2.51. The molecule has 0 fully saturated rings. The van der Waals surface area contributed by atoms with E-state index in [9.17, 15) is 18.0 Å². The Morgan fingerprint density at radius 1 is 1.09 bits per heavy atom. The second-order valence-electron chi connectivity index (χ2n) is 7.51. The predicted molar refractivity (Wildman–Crippen MR) is 136 cm³/mol. The van der Waals surface area contributed by atoms with Crippen LogP contribution in [0.25, 0.3) is 0 Å². The summed E-state index contributed by atoms with van der Waals surface area (Å²) in [5.41, 5.74) is 0.952. The third-order valence-electron chi connectivity index (χ3n) is 4.80. The monoisotopic (exact) mass is 577 g/mol. The van der Waals surface area contributed by atoms with Gasteiger partial charge in [0.15, 0.2) is 0 Å². The van der Waals surface area contributed by atoms with Gasteiger partial charge in [0.05, 0.1) is 11.9 Å². The van der Waals surface area contributed by atoms with E-state index in [1.165, 1.54) is 23.1 Å². The highest BCUT2D eigenvalue weighted by Gasteiger charge is 2.30. The molecule has 7 nitrogen and oxygen atoms in total. The van der Waals surface area contributed by atoms with Crippen LogP contribution < -0.4 is 9.62 Å². The molecule has 2 aromatic rings. The molecule has 2 rings (SSSR count). The summed E-state index contributed by atoms with van der Waals surface area (Å²) in [7, 11) is -3.86. The van der Waals surface area contributed by atoms with Crippen molar-refractivity contribution in [3.63, 3.8) is 0 Å². The third kappa shape index (κ3) is 8.17. The first-order valence-electron chi connectivity index (χ1n) is 10.2. The van der Waals surface area contributed by atoms with Crippen molar-refractivity contribution in [2.24, 2.45) is 0 Å². The average molecular weight is 579 g/mol. The van der Waals surface area contributed by atoms with Gasteiger partial charge in [0.2, 0.25) is 21.8 Å². The fourth-order valence-electron chi connectivity index (χ4n) is 3.06. The Labute approximate surface area is 213 Å². The summed E-state index contributed by atoms with van der Waals surface area (Å²) < 4.78 is 26.9. The van der Waals surface area contributed by atoms with Gasteiger partial charge in [-0.2, -0.15) is 0 Å². The number of carbonyl (C=O) groups is 2. The molecule has 0 saturated carbocycles. The van der Waals surface area contributed by atoms with Crippen LogP contribution in [0.3, 0.4) is 0 Å². The first-order valence-corrected chi connectivity index (χ1v) is 13.6. The second kappa shape index (κ2) is 12.1. The van der Waals surface area contributed by atoms with Crippen LogP contribution in [-0.2, 0) is 26.2 Å². The van der Waals surface area contributed by atoms with Gasteiger partial charge in [0, 0.05) is 27.6 Å². The van der Waals surface area contributed by atoms with E-state index in [1.54, 1.807) is 6.92 Å². The number of nitrogens with one attached hydrogen (secondary N) is 1. The van der Waals surface area contributed by atoms with Gasteiger partial charge < -0.3 is 10.2 Å². The van der Waals surface area contributed by atoms with Gasteiger partial charge >= 0.3 is 0 Å².